The van der Waals surface area contributed by atoms with Crippen LogP contribution in [0.4, 0.5) is 19.3 Å². The van der Waals surface area contributed by atoms with E-state index in [0.717, 1.165) is 11.3 Å². The highest BCUT2D eigenvalue weighted by molar-refractivity contribution is 5.91. The van der Waals surface area contributed by atoms with Crippen molar-refractivity contribution in [2.75, 3.05) is 5.32 Å². The number of aryl methyl sites for hydroxylation is 1. The predicted octanol–water partition coefficient (Wildman–Crippen LogP) is 4.71. The maximum atomic E-state index is 12.5. The van der Waals surface area contributed by atoms with Crippen LogP contribution in [0.2, 0.25) is 0 Å². The molecule has 0 radical (unpaired) electrons. The minimum Gasteiger partial charge on any atom is -0.491 e. The SMILES string of the molecule is Cc1cccc(OC(F)F)c1NC(=O)NCc1ccc(OC(C)C)cc1. The lowest BCUT2D eigenvalue weighted by atomic mass is 10.2. The molecule has 0 aliphatic rings. The quantitative estimate of drug-likeness (QED) is 0.748. The third-order valence-corrected chi connectivity index (χ3v) is 3.44. The largest absolute Gasteiger partial charge is 0.491 e. The first-order valence-corrected chi connectivity index (χ1v) is 8.20. The van der Waals surface area contributed by atoms with Gasteiger partial charge in [-0.1, -0.05) is 24.3 Å². The van der Waals surface area contributed by atoms with Crippen LogP contribution in [-0.2, 0) is 6.54 Å². The van der Waals surface area contributed by atoms with Gasteiger partial charge in [-0.3, -0.25) is 0 Å². The molecular formula is C19H22F2N2O3. The van der Waals surface area contributed by atoms with Crippen molar-refractivity contribution in [2.45, 2.75) is 40.0 Å². The number of para-hydroxylation sites is 1. The monoisotopic (exact) mass is 364 g/mol. The number of hydrogen-bond donors (Lipinski definition) is 2. The molecule has 0 atom stereocenters. The highest BCUT2D eigenvalue weighted by Gasteiger charge is 2.14. The second-order valence-electron chi connectivity index (χ2n) is 5.94. The molecule has 0 heterocycles. The van der Waals surface area contributed by atoms with Gasteiger partial charge in [0.1, 0.15) is 11.5 Å². The molecule has 7 heteroatoms. The molecule has 26 heavy (non-hydrogen) atoms. The van der Waals surface area contributed by atoms with Crippen molar-refractivity contribution < 1.29 is 23.0 Å². The number of anilines is 1. The Bertz CT molecular complexity index is 734. The normalized spacial score (nSPS) is 10.7. The Balaban J connectivity index is 1.95. The van der Waals surface area contributed by atoms with Crippen LogP contribution in [0.1, 0.15) is 25.0 Å². The Morgan fingerprint density at radius 1 is 1.08 bits per heavy atom. The lowest BCUT2D eigenvalue weighted by Gasteiger charge is -2.15. The van der Waals surface area contributed by atoms with E-state index in [9.17, 15) is 13.6 Å². The van der Waals surface area contributed by atoms with Crippen molar-refractivity contribution in [2.24, 2.45) is 0 Å². The second kappa shape index (κ2) is 9.03. The maximum Gasteiger partial charge on any atom is 0.387 e. The van der Waals surface area contributed by atoms with Gasteiger partial charge in [0, 0.05) is 6.54 Å². The van der Waals surface area contributed by atoms with Crippen molar-refractivity contribution in [3.8, 4) is 11.5 Å². The molecule has 2 N–H and O–H groups in total. The summed E-state index contributed by atoms with van der Waals surface area (Å²) in [6.07, 6.45) is 0.0866. The van der Waals surface area contributed by atoms with Crippen LogP contribution >= 0.6 is 0 Å². The first kappa shape index (κ1) is 19.5. The number of benzene rings is 2. The van der Waals surface area contributed by atoms with Gasteiger partial charge >= 0.3 is 12.6 Å². The number of carbonyl (C=O) groups excluding carboxylic acids is 1. The summed E-state index contributed by atoms with van der Waals surface area (Å²) in [6.45, 7) is 2.90. The first-order valence-electron chi connectivity index (χ1n) is 8.20. The number of nitrogens with one attached hydrogen (secondary N) is 2. The molecule has 0 unspecified atom stereocenters. The third kappa shape index (κ3) is 5.91. The van der Waals surface area contributed by atoms with E-state index < -0.39 is 12.6 Å². The zero-order valence-electron chi connectivity index (χ0n) is 14.9. The molecule has 0 bridgehead atoms. The molecule has 2 aromatic rings. The van der Waals surface area contributed by atoms with E-state index in [4.69, 9.17) is 4.74 Å². The molecule has 2 amide bonds. The number of halogens is 2. The summed E-state index contributed by atoms with van der Waals surface area (Å²) in [5.74, 6) is 0.673. The van der Waals surface area contributed by atoms with E-state index in [2.05, 4.69) is 15.4 Å². The zero-order chi connectivity index (χ0) is 19.1. The highest BCUT2D eigenvalue weighted by atomic mass is 19.3. The summed E-state index contributed by atoms with van der Waals surface area (Å²) in [6, 6.07) is 11.5. The summed E-state index contributed by atoms with van der Waals surface area (Å²) in [5, 5.41) is 5.24. The van der Waals surface area contributed by atoms with E-state index in [1.807, 2.05) is 38.1 Å². The molecule has 0 saturated heterocycles. The molecule has 2 rings (SSSR count). The Hall–Kier alpha value is -2.83. The molecule has 0 saturated carbocycles. The highest BCUT2D eigenvalue weighted by Crippen LogP contribution is 2.29. The van der Waals surface area contributed by atoms with E-state index in [-0.39, 0.29) is 24.1 Å². The molecular weight excluding hydrogens is 342 g/mol. The minimum absolute atomic E-state index is 0.0784. The summed E-state index contributed by atoms with van der Waals surface area (Å²) in [5.41, 5.74) is 1.71. The molecule has 0 aliphatic carbocycles. The lowest BCUT2D eigenvalue weighted by molar-refractivity contribution is -0.0493. The molecule has 5 nitrogen and oxygen atoms in total. The number of carbonyl (C=O) groups is 1. The minimum atomic E-state index is -2.97. The Kier molecular flexibility index (Phi) is 6.77. The first-order chi connectivity index (χ1) is 12.3. The van der Waals surface area contributed by atoms with Gasteiger partial charge in [-0.15, -0.1) is 0 Å². The molecule has 0 aromatic heterocycles. The van der Waals surface area contributed by atoms with Crippen LogP contribution in [0.25, 0.3) is 0 Å². The van der Waals surface area contributed by atoms with Crippen LogP contribution in [0.15, 0.2) is 42.5 Å². The molecule has 0 spiro atoms. The standard InChI is InChI=1S/C19H22F2N2O3/c1-12(2)25-15-9-7-14(8-10-15)11-22-19(24)23-17-13(3)5-4-6-16(17)26-18(20)21/h4-10,12,18H,11H2,1-3H3,(H2,22,23,24). The number of alkyl halides is 2. The third-order valence-electron chi connectivity index (χ3n) is 3.44. The fraction of sp³-hybridized carbons (Fsp3) is 0.316. The van der Waals surface area contributed by atoms with Crippen molar-refractivity contribution in [3.05, 3.63) is 53.6 Å². The Labute approximate surface area is 151 Å². The fourth-order valence-electron chi connectivity index (χ4n) is 2.29. The Morgan fingerprint density at radius 3 is 2.38 bits per heavy atom. The number of urea groups is 1. The molecule has 0 aliphatic heterocycles. The van der Waals surface area contributed by atoms with Crippen LogP contribution in [-0.4, -0.2) is 18.7 Å². The number of hydrogen-bond acceptors (Lipinski definition) is 3. The van der Waals surface area contributed by atoms with Crippen molar-refractivity contribution in [1.82, 2.24) is 5.32 Å². The molecule has 2 aromatic carbocycles. The van der Waals surface area contributed by atoms with Crippen molar-refractivity contribution >= 4 is 11.7 Å². The van der Waals surface area contributed by atoms with Gasteiger partial charge in [0.2, 0.25) is 0 Å². The summed E-state index contributed by atoms with van der Waals surface area (Å²) in [4.78, 5) is 12.1. The average Bonchev–Trinajstić information content (AvgIpc) is 2.56. The fourth-order valence-corrected chi connectivity index (χ4v) is 2.29. The smallest absolute Gasteiger partial charge is 0.387 e. The summed E-state index contributed by atoms with van der Waals surface area (Å²) in [7, 11) is 0. The predicted molar refractivity (Wildman–Crippen MR) is 95.9 cm³/mol. The van der Waals surface area contributed by atoms with Gasteiger partial charge in [-0.05, 0) is 50.1 Å². The summed E-state index contributed by atoms with van der Waals surface area (Å²) < 4.78 is 35.0. The second-order valence-corrected chi connectivity index (χ2v) is 5.94. The van der Waals surface area contributed by atoms with Gasteiger partial charge < -0.3 is 20.1 Å². The van der Waals surface area contributed by atoms with Gasteiger partial charge in [0.25, 0.3) is 0 Å². The topological polar surface area (TPSA) is 59.6 Å². The number of ether oxygens (including phenoxy) is 2. The maximum absolute atomic E-state index is 12.5. The van der Waals surface area contributed by atoms with Gasteiger partial charge in [0.05, 0.1) is 11.8 Å². The van der Waals surface area contributed by atoms with Crippen LogP contribution < -0.4 is 20.1 Å². The summed E-state index contributed by atoms with van der Waals surface area (Å²) >= 11 is 0. The van der Waals surface area contributed by atoms with Crippen molar-refractivity contribution in [1.29, 1.82) is 0 Å². The Morgan fingerprint density at radius 2 is 1.77 bits per heavy atom. The van der Waals surface area contributed by atoms with E-state index >= 15 is 0 Å². The van der Waals surface area contributed by atoms with E-state index in [1.165, 1.54) is 6.07 Å². The van der Waals surface area contributed by atoms with Gasteiger partial charge in [0.15, 0.2) is 0 Å². The number of rotatable bonds is 7. The number of amides is 2. The van der Waals surface area contributed by atoms with Crippen LogP contribution in [0.3, 0.4) is 0 Å². The molecule has 0 fully saturated rings. The molecule has 140 valence electrons. The lowest BCUT2D eigenvalue weighted by Crippen LogP contribution is -2.28. The van der Waals surface area contributed by atoms with Crippen molar-refractivity contribution in [3.63, 3.8) is 0 Å². The van der Waals surface area contributed by atoms with Crippen LogP contribution in [0, 0.1) is 6.92 Å². The zero-order valence-corrected chi connectivity index (χ0v) is 14.9. The average molecular weight is 364 g/mol. The van der Waals surface area contributed by atoms with E-state index in [0.29, 0.717) is 5.56 Å². The van der Waals surface area contributed by atoms with E-state index in [1.54, 1.807) is 19.1 Å². The van der Waals surface area contributed by atoms with Gasteiger partial charge in [-0.2, -0.15) is 8.78 Å². The van der Waals surface area contributed by atoms with Gasteiger partial charge in [-0.25, -0.2) is 4.79 Å². The van der Waals surface area contributed by atoms with Crippen LogP contribution in [0.5, 0.6) is 11.5 Å².